The topological polar surface area (TPSA) is 67.2 Å². The van der Waals surface area contributed by atoms with Crippen LogP contribution in [0.1, 0.15) is 42.9 Å². The molecule has 0 bridgehead atoms. The maximum Gasteiger partial charge on any atom is 0.269 e. The highest BCUT2D eigenvalue weighted by molar-refractivity contribution is 5.92. The van der Waals surface area contributed by atoms with Crippen LogP contribution in [-0.2, 0) is 7.05 Å². The Hall–Kier alpha value is -1.36. The van der Waals surface area contributed by atoms with Gasteiger partial charge in [-0.15, -0.1) is 0 Å². The lowest BCUT2D eigenvalue weighted by molar-refractivity contribution is 0.0312. The van der Waals surface area contributed by atoms with E-state index in [2.05, 4.69) is 10.4 Å². The quantitative estimate of drug-likeness (QED) is 0.806. The van der Waals surface area contributed by atoms with E-state index in [0.29, 0.717) is 18.5 Å². The Morgan fingerprint density at radius 2 is 2.12 bits per heavy atom. The highest BCUT2D eigenvalue weighted by atomic mass is 16.3. The summed E-state index contributed by atoms with van der Waals surface area (Å²) in [7, 11) is 1.73. The molecule has 5 nitrogen and oxygen atoms in total. The summed E-state index contributed by atoms with van der Waals surface area (Å²) in [5.74, 6) is -0.201. The maximum absolute atomic E-state index is 11.9. The number of amides is 1. The molecule has 0 aromatic carbocycles. The zero-order valence-electron chi connectivity index (χ0n) is 10.9. The standard InChI is InChI=1S/C12H21N3O2/c1-5-12(17,6-2)8-13-11(16)10-7-9(3)14-15(10)4/h7,17H,5-6,8H2,1-4H3,(H,13,16). The first-order chi connectivity index (χ1) is 7.91. The number of nitrogens with zero attached hydrogens (tertiary/aromatic N) is 2. The van der Waals surface area contributed by atoms with Crippen molar-refractivity contribution in [2.24, 2.45) is 7.05 Å². The molecule has 96 valence electrons. The fraction of sp³-hybridized carbons (Fsp3) is 0.667. The number of carbonyl (C=O) groups is 1. The van der Waals surface area contributed by atoms with Gasteiger partial charge >= 0.3 is 0 Å². The predicted molar refractivity (Wildman–Crippen MR) is 65.8 cm³/mol. The number of hydrogen-bond donors (Lipinski definition) is 2. The zero-order valence-corrected chi connectivity index (χ0v) is 10.9. The van der Waals surface area contributed by atoms with Gasteiger partial charge in [-0.1, -0.05) is 13.8 Å². The molecule has 0 atom stereocenters. The van der Waals surface area contributed by atoms with Crippen molar-refractivity contribution in [3.05, 3.63) is 17.5 Å². The lowest BCUT2D eigenvalue weighted by Gasteiger charge is -2.25. The SMILES string of the molecule is CCC(O)(CC)CNC(=O)c1cc(C)nn1C. The van der Waals surface area contributed by atoms with E-state index in [4.69, 9.17) is 0 Å². The molecule has 5 heteroatoms. The molecule has 0 radical (unpaired) electrons. The highest BCUT2D eigenvalue weighted by Crippen LogP contribution is 2.13. The number of carbonyl (C=O) groups excluding carboxylic acids is 1. The minimum Gasteiger partial charge on any atom is -0.388 e. The van der Waals surface area contributed by atoms with Crippen molar-refractivity contribution in [3.8, 4) is 0 Å². The molecule has 1 aromatic rings. The van der Waals surface area contributed by atoms with Crippen LogP contribution in [0.4, 0.5) is 0 Å². The first-order valence-corrected chi connectivity index (χ1v) is 5.93. The van der Waals surface area contributed by atoms with Gasteiger partial charge in [-0.05, 0) is 25.8 Å². The summed E-state index contributed by atoms with van der Waals surface area (Å²) in [6.45, 7) is 5.92. The van der Waals surface area contributed by atoms with Crippen LogP contribution in [0.5, 0.6) is 0 Å². The third kappa shape index (κ3) is 3.30. The molecule has 17 heavy (non-hydrogen) atoms. The highest BCUT2D eigenvalue weighted by Gasteiger charge is 2.23. The average molecular weight is 239 g/mol. The zero-order chi connectivity index (χ0) is 13.1. The van der Waals surface area contributed by atoms with Gasteiger partial charge in [0.2, 0.25) is 0 Å². The molecule has 0 spiro atoms. The van der Waals surface area contributed by atoms with Gasteiger partial charge in [-0.2, -0.15) is 5.10 Å². The van der Waals surface area contributed by atoms with Crippen molar-refractivity contribution in [2.75, 3.05) is 6.54 Å². The van der Waals surface area contributed by atoms with Crippen LogP contribution in [-0.4, -0.2) is 32.9 Å². The molecule has 0 unspecified atom stereocenters. The molecule has 1 aromatic heterocycles. The van der Waals surface area contributed by atoms with Crippen LogP contribution < -0.4 is 5.32 Å². The fourth-order valence-corrected chi connectivity index (χ4v) is 1.66. The van der Waals surface area contributed by atoms with Crippen molar-refractivity contribution in [1.29, 1.82) is 0 Å². The van der Waals surface area contributed by atoms with Gasteiger partial charge < -0.3 is 10.4 Å². The minimum atomic E-state index is -0.816. The molecular weight excluding hydrogens is 218 g/mol. The number of nitrogens with one attached hydrogen (secondary N) is 1. The van der Waals surface area contributed by atoms with Gasteiger partial charge in [0, 0.05) is 13.6 Å². The van der Waals surface area contributed by atoms with Gasteiger partial charge in [0.1, 0.15) is 5.69 Å². The maximum atomic E-state index is 11.9. The first kappa shape index (κ1) is 13.7. The lowest BCUT2D eigenvalue weighted by atomic mass is 9.97. The molecule has 0 aliphatic rings. The number of hydrogen-bond acceptors (Lipinski definition) is 3. The summed E-state index contributed by atoms with van der Waals surface area (Å²) in [6, 6.07) is 1.73. The molecular formula is C12H21N3O2. The summed E-state index contributed by atoms with van der Waals surface area (Å²) < 4.78 is 1.54. The molecule has 1 rings (SSSR count). The third-order valence-electron chi connectivity index (χ3n) is 3.13. The fourth-order valence-electron chi connectivity index (χ4n) is 1.66. The van der Waals surface area contributed by atoms with E-state index in [9.17, 15) is 9.90 Å². The Morgan fingerprint density at radius 3 is 2.53 bits per heavy atom. The van der Waals surface area contributed by atoms with E-state index in [-0.39, 0.29) is 12.5 Å². The number of aliphatic hydroxyl groups is 1. The monoisotopic (exact) mass is 239 g/mol. The van der Waals surface area contributed by atoms with Crippen LogP contribution in [0.25, 0.3) is 0 Å². The Kier molecular flexibility index (Phi) is 4.28. The summed E-state index contributed by atoms with van der Waals surface area (Å²) in [5, 5.41) is 16.9. The largest absolute Gasteiger partial charge is 0.388 e. The minimum absolute atomic E-state index is 0.201. The second kappa shape index (κ2) is 5.31. The molecule has 0 aliphatic carbocycles. The summed E-state index contributed by atoms with van der Waals surface area (Å²) in [4.78, 5) is 11.9. The van der Waals surface area contributed by atoms with Crippen LogP contribution in [0.3, 0.4) is 0 Å². The van der Waals surface area contributed by atoms with Crippen LogP contribution >= 0.6 is 0 Å². The van der Waals surface area contributed by atoms with Gasteiger partial charge in [-0.25, -0.2) is 0 Å². The Labute approximate surface area is 102 Å². The third-order valence-corrected chi connectivity index (χ3v) is 3.13. The molecule has 2 N–H and O–H groups in total. The van der Waals surface area contributed by atoms with Crippen molar-refractivity contribution < 1.29 is 9.90 Å². The summed E-state index contributed by atoms with van der Waals surface area (Å²) in [6.07, 6.45) is 1.24. The van der Waals surface area contributed by atoms with Gasteiger partial charge in [-0.3, -0.25) is 9.48 Å². The van der Waals surface area contributed by atoms with Crippen LogP contribution in [0.2, 0.25) is 0 Å². The molecule has 0 fully saturated rings. The number of aryl methyl sites for hydroxylation is 2. The van der Waals surface area contributed by atoms with Crippen LogP contribution in [0, 0.1) is 6.92 Å². The van der Waals surface area contributed by atoms with Crippen molar-refractivity contribution in [3.63, 3.8) is 0 Å². The Balaban J connectivity index is 2.65. The van der Waals surface area contributed by atoms with Gasteiger partial charge in [0.15, 0.2) is 0 Å². The second-order valence-electron chi connectivity index (χ2n) is 4.41. The molecule has 1 amide bonds. The summed E-state index contributed by atoms with van der Waals surface area (Å²) >= 11 is 0. The van der Waals surface area contributed by atoms with Crippen molar-refractivity contribution in [1.82, 2.24) is 15.1 Å². The van der Waals surface area contributed by atoms with E-state index in [1.54, 1.807) is 17.8 Å². The Morgan fingerprint density at radius 1 is 1.53 bits per heavy atom. The van der Waals surface area contributed by atoms with E-state index >= 15 is 0 Å². The average Bonchev–Trinajstić information content (AvgIpc) is 2.65. The lowest BCUT2D eigenvalue weighted by Crippen LogP contribution is -2.42. The van der Waals surface area contributed by atoms with E-state index in [1.165, 1.54) is 0 Å². The normalized spacial score (nSPS) is 11.6. The van der Waals surface area contributed by atoms with Gasteiger partial charge in [0.05, 0.1) is 11.3 Å². The van der Waals surface area contributed by atoms with Gasteiger partial charge in [0.25, 0.3) is 5.91 Å². The van der Waals surface area contributed by atoms with E-state index in [0.717, 1.165) is 5.69 Å². The number of aromatic nitrogens is 2. The van der Waals surface area contributed by atoms with E-state index in [1.807, 2.05) is 20.8 Å². The molecule has 0 saturated heterocycles. The predicted octanol–water partition coefficient (Wildman–Crippen LogP) is 1.01. The van der Waals surface area contributed by atoms with Crippen LogP contribution in [0.15, 0.2) is 6.07 Å². The van der Waals surface area contributed by atoms with Crippen molar-refractivity contribution in [2.45, 2.75) is 39.2 Å². The molecule has 1 heterocycles. The van der Waals surface area contributed by atoms with E-state index < -0.39 is 5.60 Å². The second-order valence-corrected chi connectivity index (χ2v) is 4.41. The molecule has 0 saturated carbocycles. The Bertz CT molecular complexity index is 394. The smallest absolute Gasteiger partial charge is 0.269 e. The summed E-state index contributed by atoms with van der Waals surface area (Å²) in [5.41, 5.74) is 0.500. The van der Waals surface area contributed by atoms with Crippen molar-refractivity contribution >= 4 is 5.91 Å². The first-order valence-electron chi connectivity index (χ1n) is 5.93. The number of rotatable bonds is 5. The molecule has 0 aliphatic heterocycles.